The molecule has 3 aromatic carbocycles. The molecule has 0 aromatic heterocycles. The summed E-state index contributed by atoms with van der Waals surface area (Å²) in [7, 11) is -2.20. The number of nitrogens with one attached hydrogen (secondary N) is 2. The molecule has 1 unspecified atom stereocenters. The molecule has 1 amide bonds. The van der Waals surface area contributed by atoms with Crippen LogP contribution in [-0.4, -0.2) is 34.1 Å². The van der Waals surface area contributed by atoms with E-state index in [1.165, 1.54) is 0 Å². The van der Waals surface area contributed by atoms with Gasteiger partial charge < -0.3 is 10.1 Å². The van der Waals surface area contributed by atoms with Gasteiger partial charge in [-0.1, -0.05) is 35.9 Å². The van der Waals surface area contributed by atoms with Crippen LogP contribution in [0, 0.1) is 13.8 Å². The number of rotatable bonds is 8. The third-order valence-electron chi connectivity index (χ3n) is 5.14. The first-order valence-corrected chi connectivity index (χ1v) is 12.3. The molecule has 174 valence electrons. The van der Waals surface area contributed by atoms with Crippen molar-refractivity contribution >= 4 is 33.2 Å². The van der Waals surface area contributed by atoms with Crippen molar-refractivity contribution in [3.63, 3.8) is 0 Å². The van der Waals surface area contributed by atoms with Crippen LogP contribution in [0.2, 0.25) is 5.02 Å². The maximum Gasteiger partial charge on any atom is 0.262 e. The molecule has 0 bridgehead atoms. The molecule has 2 N–H and O–H groups in total. The van der Waals surface area contributed by atoms with Gasteiger partial charge >= 0.3 is 0 Å². The van der Waals surface area contributed by atoms with Gasteiger partial charge in [0.05, 0.1) is 11.5 Å². The lowest BCUT2D eigenvalue weighted by molar-refractivity contribution is 0.0905. The molecule has 0 aliphatic carbocycles. The highest BCUT2D eigenvalue weighted by Crippen LogP contribution is 2.28. The van der Waals surface area contributed by atoms with Crippen molar-refractivity contribution in [3.8, 4) is 11.1 Å². The number of amides is 1. The summed E-state index contributed by atoms with van der Waals surface area (Å²) < 4.78 is 33.6. The average molecular weight is 487 g/mol. The second-order valence-corrected chi connectivity index (χ2v) is 10.0. The van der Waals surface area contributed by atoms with Crippen LogP contribution < -0.4 is 10.0 Å². The number of carbonyl (C=O) groups excluding carboxylic acids is 1. The Balaban J connectivity index is 1.80. The predicted octanol–water partition coefficient (Wildman–Crippen LogP) is 5.19. The molecule has 0 fully saturated rings. The number of sulfonamides is 1. The molecule has 1 atom stereocenters. The molecule has 0 aliphatic heterocycles. The second kappa shape index (κ2) is 10.4. The Hall–Kier alpha value is -2.87. The normalized spacial score (nSPS) is 12.3. The lowest BCUT2D eigenvalue weighted by atomic mass is 10.0. The van der Waals surface area contributed by atoms with Crippen LogP contribution in [0.5, 0.6) is 0 Å². The van der Waals surface area contributed by atoms with Gasteiger partial charge in [-0.2, -0.15) is 0 Å². The molecule has 0 saturated carbocycles. The first kappa shape index (κ1) is 24.8. The lowest BCUT2D eigenvalue weighted by Crippen LogP contribution is -2.35. The Bertz CT molecular complexity index is 1260. The number of carbonyl (C=O) groups is 1. The molecule has 33 heavy (non-hydrogen) atoms. The second-order valence-electron chi connectivity index (χ2n) is 7.96. The topological polar surface area (TPSA) is 84.5 Å². The first-order valence-electron chi connectivity index (χ1n) is 10.4. The number of aryl methyl sites for hydroxylation is 2. The lowest BCUT2D eigenvalue weighted by Gasteiger charge is -2.14. The zero-order chi connectivity index (χ0) is 24.2. The summed E-state index contributed by atoms with van der Waals surface area (Å²) in [4.78, 5) is 12.5. The fourth-order valence-corrected chi connectivity index (χ4v) is 5.01. The van der Waals surface area contributed by atoms with Gasteiger partial charge in [0.25, 0.3) is 15.9 Å². The standard InChI is InChI=1S/C25H27ClN2O4S/c1-16-13-24(17(2)12-23(16)26)33(30,31)28-22-7-5-6-21(14-22)19-8-10-20(11-9-19)25(29)27-18(3)15-32-4/h5-14,18,28H,15H2,1-4H3,(H,27,29). The number of hydrogen-bond acceptors (Lipinski definition) is 4. The molecule has 0 aliphatic rings. The van der Waals surface area contributed by atoms with E-state index in [0.717, 1.165) is 11.1 Å². The smallest absolute Gasteiger partial charge is 0.262 e. The van der Waals surface area contributed by atoms with Crippen molar-refractivity contribution in [1.82, 2.24) is 5.32 Å². The Morgan fingerprint density at radius 2 is 1.70 bits per heavy atom. The quantitative estimate of drug-likeness (QED) is 0.459. The van der Waals surface area contributed by atoms with Crippen molar-refractivity contribution in [2.75, 3.05) is 18.4 Å². The fourth-order valence-electron chi connectivity index (χ4n) is 3.43. The number of ether oxygens (including phenoxy) is 1. The van der Waals surface area contributed by atoms with Crippen LogP contribution in [0.15, 0.2) is 65.6 Å². The summed E-state index contributed by atoms with van der Waals surface area (Å²) in [5.41, 5.74) is 3.91. The van der Waals surface area contributed by atoms with E-state index in [9.17, 15) is 13.2 Å². The van der Waals surface area contributed by atoms with Crippen LogP contribution >= 0.6 is 11.6 Å². The highest BCUT2D eigenvalue weighted by atomic mass is 35.5. The minimum absolute atomic E-state index is 0.0973. The minimum Gasteiger partial charge on any atom is -0.383 e. The van der Waals surface area contributed by atoms with E-state index in [0.29, 0.717) is 34.0 Å². The summed E-state index contributed by atoms with van der Waals surface area (Å²) in [6, 6.07) is 17.4. The summed E-state index contributed by atoms with van der Waals surface area (Å²) in [5, 5.41) is 3.40. The molecule has 0 radical (unpaired) electrons. The predicted molar refractivity (Wildman–Crippen MR) is 132 cm³/mol. The zero-order valence-electron chi connectivity index (χ0n) is 19.0. The Morgan fingerprint density at radius 1 is 1.00 bits per heavy atom. The van der Waals surface area contributed by atoms with Gasteiger partial charge in [-0.3, -0.25) is 9.52 Å². The SMILES string of the molecule is COCC(C)NC(=O)c1ccc(-c2cccc(NS(=O)(=O)c3cc(C)c(Cl)cc3C)c2)cc1. The van der Waals surface area contributed by atoms with E-state index in [-0.39, 0.29) is 16.8 Å². The van der Waals surface area contributed by atoms with Crippen molar-refractivity contribution in [2.24, 2.45) is 0 Å². The maximum atomic E-state index is 13.0. The van der Waals surface area contributed by atoms with Gasteiger partial charge in [0.15, 0.2) is 0 Å². The Labute approximate surface area is 200 Å². The van der Waals surface area contributed by atoms with E-state index >= 15 is 0 Å². The highest BCUT2D eigenvalue weighted by molar-refractivity contribution is 7.92. The van der Waals surface area contributed by atoms with E-state index in [4.69, 9.17) is 16.3 Å². The summed E-state index contributed by atoms with van der Waals surface area (Å²) >= 11 is 6.11. The molecular weight excluding hydrogens is 460 g/mol. The van der Waals surface area contributed by atoms with Crippen molar-refractivity contribution in [1.29, 1.82) is 0 Å². The molecule has 8 heteroatoms. The highest BCUT2D eigenvalue weighted by Gasteiger charge is 2.19. The van der Waals surface area contributed by atoms with E-state index in [1.54, 1.807) is 63.4 Å². The van der Waals surface area contributed by atoms with E-state index < -0.39 is 10.0 Å². The Kier molecular flexibility index (Phi) is 7.79. The van der Waals surface area contributed by atoms with Gasteiger partial charge in [-0.05, 0) is 79.4 Å². The largest absolute Gasteiger partial charge is 0.383 e. The van der Waals surface area contributed by atoms with Gasteiger partial charge in [0.2, 0.25) is 0 Å². The monoisotopic (exact) mass is 486 g/mol. The third-order valence-corrected chi connectivity index (χ3v) is 7.07. The number of methoxy groups -OCH3 is 1. The Morgan fingerprint density at radius 3 is 2.36 bits per heavy atom. The zero-order valence-corrected chi connectivity index (χ0v) is 20.5. The summed E-state index contributed by atoms with van der Waals surface area (Å²) in [6.45, 7) is 5.78. The van der Waals surface area contributed by atoms with Gasteiger partial charge in [0.1, 0.15) is 0 Å². The van der Waals surface area contributed by atoms with Crippen LogP contribution in [0.3, 0.4) is 0 Å². The third kappa shape index (κ3) is 6.13. The molecular formula is C25H27ClN2O4S. The number of halogens is 1. The van der Waals surface area contributed by atoms with Crippen LogP contribution in [0.4, 0.5) is 5.69 Å². The van der Waals surface area contributed by atoms with E-state index in [1.807, 2.05) is 25.1 Å². The summed E-state index contributed by atoms with van der Waals surface area (Å²) in [6.07, 6.45) is 0. The first-order chi connectivity index (χ1) is 15.6. The van der Waals surface area contributed by atoms with Crippen LogP contribution in [-0.2, 0) is 14.8 Å². The number of hydrogen-bond donors (Lipinski definition) is 2. The minimum atomic E-state index is -3.79. The fraction of sp³-hybridized carbons (Fsp3) is 0.240. The van der Waals surface area contributed by atoms with Crippen LogP contribution in [0.1, 0.15) is 28.4 Å². The van der Waals surface area contributed by atoms with Gasteiger partial charge in [0, 0.05) is 29.4 Å². The van der Waals surface area contributed by atoms with Crippen LogP contribution in [0.25, 0.3) is 11.1 Å². The molecule has 3 aromatic rings. The molecule has 0 spiro atoms. The molecule has 3 rings (SSSR count). The molecule has 6 nitrogen and oxygen atoms in total. The summed E-state index contributed by atoms with van der Waals surface area (Å²) in [5.74, 6) is -0.179. The average Bonchev–Trinajstić information content (AvgIpc) is 2.76. The van der Waals surface area contributed by atoms with Gasteiger partial charge in [-0.25, -0.2) is 8.42 Å². The molecule has 0 heterocycles. The number of benzene rings is 3. The van der Waals surface area contributed by atoms with Gasteiger partial charge in [-0.15, -0.1) is 0 Å². The van der Waals surface area contributed by atoms with Crippen molar-refractivity contribution in [3.05, 3.63) is 82.4 Å². The van der Waals surface area contributed by atoms with Crippen molar-refractivity contribution in [2.45, 2.75) is 31.7 Å². The van der Waals surface area contributed by atoms with E-state index in [2.05, 4.69) is 10.0 Å². The molecule has 0 saturated heterocycles. The number of anilines is 1. The van der Waals surface area contributed by atoms with Crippen molar-refractivity contribution < 1.29 is 17.9 Å². The maximum absolute atomic E-state index is 13.0.